The van der Waals surface area contributed by atoms with E-state index in [9.17, 15) is 9.59 Å². The number of benzene rings is 1. The molecule has 1 atom stereocenters. The first kappa shape index (κ1) is 14.6. The average Bonchev–Trinajstić information content (AvgIpc) is 2.74. The summed E-state index contributed by atoms with van der Waals surface area (Å²) in [5.74, 6) is -1.50. The van der Waals surface area contributed by atoms with E-state index < -0.39 is 11.9 Å². The highest BCUT2D eigenvalue weighted by Gasteiger charge is 2.34. The second-order valence-electron chi connectivity index (χ2n) is 5.75. The Bertz CT molecular complexity index is 551. The molecule has 1 heterocycles. The summed E-state index contributed by atoms with van der Waals surface area (Å²) < 4.78 is 0. The van der Waals surface area contributed by atoms with Gasteiger partial charge in [-0.05, 0) is 55.5 Å². The first-order valence-electron chi connectivity index (χ1n) is 6.88. The lowest BCUT2D eigenvalue weighted by Gasteiger charge is -2.21. The number of hydrogen-bond acceptors (Lipinski definition) is 2. The van der Waals surface area contributed by atoms with E-state index in [4.69, 9.17) is 5.11 Å². The molecule has 1 saturated heterocycles. The summed E-state index contributed by atoms with van der Waals surface area (Å²) in [4.78, 5) is 24.6. The van der Waals surface area contributed by atoms with Crippen molar-refractivity contribution in [2.24, 2.45) is 5.92 Å². The Hall–Kier alpha value is -1.84. The van der Waals surface area contributed by atoms with E-state index in [1.54, 1.807) is 4.90 Å². The van der Waals surface area contributed by atoms with E-state index in [0.29, 0.717) is 13.1 Å². The van der Waals surface area contributed by atoms with Gasteiger partial charge in [-0.2, -0.15) is 0 Å². The Kier molecular flexibility index (Phi) is 3.84. The Balaban J connectivity index is 2.27. The van der Waals surface area contributed by atoms with E-state index in [-0.39, 0.29) is 12.3 Å². The number of carbonyl (C=O) groups excluding carboxylic acids is 1. The molecule has 4 heteroatoms. The third-order valence-corrected chi connectivity index (χ3v) is 4.43. The van der Waals surface area contributed by atoms with E-state index in [1.165, 1.54) is 22.3 Å². The van der Waals surface area contributed by atoms with Crippen molar-refractivity contribution in [3.8, 4) is 0 Å². The highest BCUT2D eigenvalue weighted by molar-refractivity contribution is 5.86. The van der Waals surface area contributed by atoms with E-state index >= 15 is 0 Å². The zero-order valence-corrected chi connectivity index (χ0v) is 12.5. The largest absolute Gasteiger partial charge is 0.481 e. The summed E-state index contributed by atoms with van der Waals surface area (Å²) in [6.07, 6.45) is 0.123. The van der Waals surface area contributed by atoms with Gasteiger partial charge in [0.2, 0.25) is 5.91 Å². The van der Waals surface area contributed by atoms with Gasteiger partial charge < -0.3 is 10.0 Å². The van der Waals surface area contributed by atoms with Gasteiger partial charge in [-0.25, -0.2) is 0 Å². The Morgan fingerprint density at radius 2 is 1.80 bits per heavy atom. The van der Waals surface area contributed by atoms with Crippen molar-refractivity contribution in [3.63, 3.8) is 0 Å². The van der Waals surface area contributed by atoms with Crippen LogP contribution >= 0.6 is 0 Å². The van der Waals surface area contributed by atoms with Crippen molar-refractivity contribution in [1.29, 1.82) is 0 Å². The number of amides is 1. The zero-order valence-electron chi connectivity index (χ0n) is 12.5. The Morgan fingerprint density at radius 3 is 2.25 bits per heavy atom. The molecule has 0 spiro atoms. The number of aliphatic carboxylic acids is 1. The molecule has 0 aliphatic carbocycles. The second-order valence-corrected chi connectivity index (χ2v) is 5.75. The number of hydrogen-bond donors (Lipinski definition) is 1. The van der Waals surface area contributed by atoms with Crippen molar-refractivity contribution in [3.05, 3.63) is 33.9 Å². The van der Waals surface area contributed by atoms with E-state index in [2.05, 4.69) is 33.8 Å². The molecule has 1 fully saturated rings. The molecule has 0 aromatic heterocycles. The molecule has 1 aliphatic rings. The molecule has 0 saturated carbocycles. The maximum atomic E-state index is 11.9. The topological polar surface area (TPSA) is 57.6 Å². The minimum absolute atomic E-state index is 0.0599. The summed E-state index contributed by atoms with van der Waals surface area (Å²) in [5.41, 5.74) is 5.97. The first-order valence-corrected chi connectivity index (χ1v) is 6.88. The normalized spacial score (nSPS) is 18.7. The van der Waals surface area contributed by atoms with Crippen molar-refractivity contribution < 1.29 is 14.7 Å². The third kappa shape index (κ3) is 2.55. The Morgan fingerprint density at radius 1 is 1.25 bits per heavy atom. The maximum absolute atomic E-state index is 11.9. The molecular weight excluding hydrogens is 254 g/mol. The fraction of sp³-hybridized carbons (Fsp3) is 0.500. The van der Waals surface area contributed by atoms with E-state index in [0.717, 1.165) is 5.56 Å². The smallest absolute Gasteiger partial charge is 0.308 e. The quantitative estimate of drug-likeness (QED) is 0.921. The van der Waals surface area contributed by atoms with Crippen LogP contribution in [-0.2, 0) is 16.1 Å². The first-order chi connectivity index (χ1) is 9.31. The monoisotopic (exact) mass is 275 g/mol. The number of carboxylic acid groups (broad SMARTS) is 1. The molecule has 1 aliphatic heterocycles. The highest BCUT2D eigenvalue weighted by atomic mass is 16.4. The lowest BCUT2D eigenvalue weighted by Crippen LogP contribution is -2.26. The number of rotatable bonds is 3. The summed E-state index contributed by atoms with van der Waals surface area (Å²) in [5, 5.41) is 9.03. The van der Waals surface area contributed by atoms with Crippen LogP contribution in [0, 0.1) is 33.6 Å². The SMILES string of the molecule is Cc1cc(C)c(C)c(CN2CC(C(=O)O)CC2=O)c1C. The van der Waals surface area contributed by atoms with Crippen LogP contribution < -0.4 is 0 Å². The predicted molar refractivity (Wildman–Crippen MR) is 76.5 cm³/mol. The van der Waals surface area contributed by atoms with Gasteiger partial charge in [-0.3, -0.25) is 9.59 Å². The van der Waals surface area contributed by atoms with Gasteiger partial charge in [0.1, 0.15) is 0 Å². The third-order valence-electron chi connectivity index (χ3n) is 4.43. The fourth-order valence-corrected chi connectivity index (χ4v) is 2.82. The number of nitrogens with zero attached hydrogens (tertiary/aromatic N) is 1. The van der Waals surface area contributed by atoms with Crippen molar-refractivity contribution >= 4 is 11.9 Å². The molecule has 108 valence electrons. The van der Waals surface area contributed by atoms with Crippen molar-refractivity contribution in [1.82, 2.24) is 4.90 Å². The number of carboxylic acids is 1. The molecule has 0 radical (unpaired) electrons. The molecule has 1 N–H and O–H groups in total. The van der Waals surface area contributed by atoms with Gasteiger partial charge in [0, 0.05) is 19.5 Å². The predicted octanol–water partition coefficient (Wildman–Crippen LogP) is 2.35. The van der Waals surface area contributed by atoms with Crippen LogP contribution in [0.15, 0.2) is 6.07 Å². The van der Waals surface area contributed by atoms with Crippen molar-refractivity contribution in [2.75, 3.05) is 6.54 Å². The minimum Gasteiger partial charge on any atom is -0.481 e. The molecule has 1 aromatic carbocycles. The molecule has 1 amide bonds. The van der Waals surface area contributed by atoms with Crippen LogP contribution in [0.1, 0.15) is 34.2 Å². The summed E-state index contributed by atoms with van der Waals surface area (Å²) >= 11 is 0. The molecule has 0 bridgehead atoms. The second kappa shape index (κ2) is 5.27. The highest BCUT2D eigenvalue weighted by Crippen LogP contribution is 2.26. The molecule has 2 rings (SSSR count). The molecule has 20 heavy (non-hydrogen) atoms. The van der Waals surface area contributed by atoms with Gasteiger partial charge in [0.25, 0.3) is 0 Å². The average molecular weight is 275 g/mol. The standard InChI is InChI=1S/C16H21NO3/c1-9-5-10(2)12(4)14(11(9)3)8-17-7-13(16(19)20)6-15(17)18/h5,13H,6-8H2,1-4H3,(H,19,20). The number of aryl methyl sites for hydroxylation is 2. The molecule has 1 aromatic rings. The fourth-order valence-electron chi connectivity index (χ4n) is 2.82. The minimum atomic E-state index is -0.880. The molecular formula is C16H21NO3. The van der Waals surface area contributed by atoms with Crippen LogP contribution in [0.5, 0.6) is 0 Å². The van der Waals surface area contributed by atoms with E-state index in [1.807, 2.05) is 0 Å². The van der Waals surface area contributed by atoms with Gasteiger partial charge >= 0.3 is 5.97 Å². The maximum Gasteiger partial charge on any atom is 0.308 e. The van der Waals surface area contributed by atoms with Gasteiger partial charge in [-0.1, -0.05) is 6.07 Å². The van der Waals surface area contributed by atoms with Crippen LogP contribution in [0.25, 0.3) is 0 Å². The zero-order chi connectivity index (χ0) is 15.0. The summed E-state index contributed by atoms with van der Waals surface area (Å²) in [6.45, 7) is 9.09. The number of carbonyl (C=O) groups is 2. The Labute approximate surface area is 119 Å². The van der Waals surface area contributed by atoms with Crippen LogP contribution in [0.4, 0.5) is 0 Å². The van der Waals surface area contributed by atoms with Crippen LogP contribution in [-0.4, -0.2) is 28.4 Å². The van der Waals surface area contributed by atoms with Crippen molar-refractivity contribution in [2.45, 2.75) is 40.7 Å². The van der Waals surface area contributed by atoms with Crippen LogP contribution in [0.2, 0.25) is 0 Å². The number of likely N-dealkylation sites (tertiary alicyclic amines) is 1. The molecule has 4 nitrogen and oxygen atoms in total. The van der Waals surface area contributed by atoms with Gasteiger partial charge in [0.05, 0.1) is 5.92 Å². The molecule has 1 unspecified atom stereocenters. The lowest BCUT2D eigenvalue weighted by molar-refractivity contribution is -0.141. The van der Waals surface area contributed by atoms with Crippen LogP contribution in [0.3, 0.4) is 0 Å². The lowest BCUT2D eigenvalue weighted by atomic mass is 9.94. The summed E-state index contributed by atoms with van der Waals surface area (Å²) in [7, 11) is 0. The summed E-state index contributed by atoms with van der Waals surface area (Å²) in [6, 6.07) is 2.15. The van der Waals surface area contributed by atoms with Gasteiger partial charge in [-0.15, -0.1) is 0 Å². The van der Waals surface area contributed by atoms with Gasteiger partial charge in [0.15, 0.2) is 0 Å².